The number of ether oxygens (including phenoxy) is 1. The molecular weight excluding hydrogens is 462 g/mol. The van der Waals surface area contributed by atoms with Gasteiger partial charge in [-0.1, -0.05) is 35.9 Å². The van der Waals surface area contributed by atoms with Crippen LogP contribution in [0.1, 0.15) is 36.6 Å². The second kappa shape index (κ2) is 10.2. The maximum atomic E-state index is 12.7. The van der Waals surface area contributed by atoms with Gasteiger partial charge in [0.15, 0.2) is 6.61 Å². The summed E-state index contributed by atoms with van der Waals surface area (Å²) in [6, 6.07) is 19.5. The first-order valence-electron chi connectivity index (χ1n) is 11.1. The predicted molar refractivity (Wildman–Crippen MR) is 132 cm³/mol. The van der Waals surface area contributed by atoms with Crippen molar-refractivity contribution < 1.29 is 28.7 Å². The SMILES string of the molecule is Cc1ccc(NC(=O)CN(C)C(=O)COC(=O)c2cccc(N3C(=O)c4ccccc4C3=O)c2)cc1. The molecule has 182 valence electrons. The summed E-state index contributed by atoms with van der Waals surface area (Å²) in [6.45, 7) is 1.13. The van der Waals surface area contributed by atoms with Crippen molar-refractivity contribution in [1.82, 2.24) is 4.90 Å². The van der Waals surface area contributed by atoms with E-state index in [2.05, 4.69) is 5.32 Å². The number of carbonyl (C=O) groups is 5. The fraction of sp³-hybridized carbons (Fsp3) is 0.148. The Morgan fingerprint density at radius 1 is 0.889 bits per heavy atom. The molecule has 1 aliphatic heterocycles. The molecule has 4 amide bonds. The Bertz CT molecular complexity index is 1330. The Labute approximate surface area is 207 Å². The zero-order chi connectivity index (χ0) is 25.8. The Hall–Kier alpha value is -4.79. The number of fused-ring (bicyclic) bond motifs is 1. The van der Waals surface area contributed by atoms with Gasteiger partial charge in [-0.05, 0) is 49.4 Å². The highest BCUT2D eigenvalue weighted by Gasteiger charge is 2.36. The van der Waals surface area contributed by atoms with Crippen LogP contribution in [-0.2, 0) is 14.3 Å². The number of nitrogens with one attached hydrogen (secondary N) is 1. The molecule has 4 rings (SSSR count). The van der Waals surface area contributed by atoms with Gasteiger partial charge < -0.3 is 15.0 Å². The van der Waals surface area contributed by atoms with Gasteiger partial charge in [-0.25, -0.2) is 9.69 Å². The molecule has 0 aromatic heterocycles. The Morgan fingerprint density at radius 3 is 2.17 bits per heavy atom. The summed E-state index contributed by atoms with van der Waals surface area (Å²) in [5.74, 6) is -2.74. The van der Waals surface area contributed by atoms with Gasteiger partial charge in [-0.15, -0.1) is 0 Å². The topological polar surface area (TPSA) is 113 Å². The van der Waals surface area contributed by atoms with Gasteiger partial charge in [0.25, 0.3) is 17.7 Å². The standard InChI is InChI=1S/C27H23N3O6/c1-17-10-12-19(13-11-17)28-23(31)15-29(2)24(32)16-36-27(35)18-6-5-7-20(14-18)30-25(33)21-8-3-4-9-22(21)26(30)34/h3-14H,15-16H2,1-2H3,(H,28,31). The van der Waals surface area contributed by atoms with E-state index >= 15 is 0 Å². The normalized spacial score (nSPS) is 12.2. The van der Waals surface area contributed by atoms with Crippen molar-refractivity contribution in [2.75, 3.05) is 30.4 Å². The molecule has 36 heavy (non-hydrogen) atoms. The van der Waals surface area contributed by atoms with Crippen LogP contribution in [0.2, 0.25) is 0 Å². The second-order valence-corrected chi connectivity index (χ2v) is 8.28. The summed E-state index contributed by atoms with van der Waals surface area (Å²) in [5.41, 5.74) is 2.52. The average Bonchev–Trinajstić information content (AvgIpc) is 3.13. The number of benzene rings is 3. The van der Waals surface area contributed by atoms with E-state index in [1.54, 1.807) is 36.4 Å². The number of nitrogens with zero attached hydrogens (tertiary/aromatic N) is 2. The average molecular weight is 485 g/mol. The Morgan fingerprint density at radius 2 is 1.53 bits per heavy atom. The van der Waals surface area contributed by atoms with E-state index in [1.165, 1.54) is 31.3 Å². The van der Waals surface area contributed by atoms with Crippen molar-refractivity contribution in [3.05, 3.63) is 95.1 Å². The van der Waals surface area contributed by atoms with Crippen LogP contribution in [0.3, 0.4) is 0 Å². The second-order valence-electron chi connectivity index (χ2n) is 8.28. The van der Waals surface area contributed by atoms with Gasteiger partial charge in [0, 0.05) is 12.7 Å². The lowest BCUT2D eigenvalue weighted by molar-refractivity contribution is -0.136. The van der Waals surface area contributed by atoms with Crippen LogP contribution in [0.15, 0.2) is 72.8 Å². The predicted octanol–water partition coefficient (Wildman–Crippen LogP) is 3.05. The third-order valence-electron chi connectivity index (χ3n) is 5.60. The number of carbonyl (C=O) groups excluding carboxylic acids is 5. The Balaban J connectivity index is 1.33. The number of amides is 4. The van der Waals surface area contributed by atoms with Crippen LogP contribution in [0.25, 0.3) is 0 Å². The number of likely N-dealkylation sites (N-methyl/N-ethyl adjacent to an activating group) is 1. The fourth-order valence-corrected chi connectivity index (χ4v) is 3.66. The maximum absolute atomic E-state index is 12.7. The van der Waals surface area contributed by atoms with Crippen molar-refractivity contribution >= 4 is 41.0 Å². The van der Waals surface area contributed by atoms with E-state index in [0.29, 0.717) is 5.69 Å². The molecule has 9 nitrogen and oxygen atoms in total. The summed E-state index contributed by atoms with van der Waals surface area (Å²) < 4.78 is 5.11. The van der Waals surface area contributed by atoms with Crippen molar-refractivity contribution in [3.8, 4) is 0 Å². The van der Waals surface area contributed by atoms with Crippen LogP contribution in [0.5, 0.6) is 0 Å². The lowest BCUT2D eigenvalue weighted by Gasteiger charge is -2.17. The highest BCUT2D eigenvalue weighted by molar-refractivity contribution is 6.34. The summed E-state index contributed by atoms with van der Waals surface area (Å²) in [5, 5.41) is 2.69. The monoisotopic (exact) mass is 485 g/mol. The minimum absolute atomic E-state index is 0.0663. The van der Waals surface area contributed by atoms with Gasteiger partial charge in [0.1, 0.15) is 0 Å². The smallest absolute Gasteiger partial charge is 0.338 e. The van der Waals surface area contributed by atoms with Gasteiger partial charge in [0.2, 0.25) is 5.91 Å². The van der Waals surface area contributed by atoms with Crippen LogP contribution >= 0.6 is 0 Å². The molecule has 9 heteroatoms. The molecule has 1 aliphatic rings. The number of imide groups is 1. The number of rotatable bonds is 7. The summed E-state index contributed by atoms with van der Waals surface area (Å²) >= 11 is 0. The molecule has 1 heterocycles. The van der Waals surface area contributed by atoms with Gasteiger partial charge >= 0.3 is 5.97 Å². The molecule has 0 aliphatic carbocycles. The molecule has 3 aromatic rings. The number of anilines is 2. The quantitative estimate of drug-likeness (QED) is 0.407. The van der Waals surface area contributed by atoms with Crippen LogP contribution < -0.4 is 10.2 Å². The van der Waals surface area contributed by atoms with Crippen LogP contribution in [-0.4, -0.2) is 54.7 Å². The molecule has 0 saturated heterocycles. The fourth-order valence-electron chi connectivity index (χ4n) is 3.66. The van der Waals surface area contributed by atoms with Crippen LogP contribution in [0, 0.1) is 6.92 Å². The zero-order valence-electron chi connectivity index (χ0n) is 19.7. The van der Waals surface area contributed by atoms with Crippen molar-refractivity contribution in [3.63, 3.8) is 0 Å². The third kappa shape index (κ3) is 5.15. The molecule has 0 atom stereocenters. The van der Waals surface area contributed by atoms with E-state index in [1.807, 2.05) is 19.1 Å². The lowest BCUT2D eigenvalue weighted by atomic mass is 10.1. The number of hydrogen-bond acceptors (Lipinski definition) is 6. The largest absolute Gasteiger partial charge is 0.452 e. The summed E-state index contributed by atoms with van der Waals surface area (Å²) in [6.07, 6.45) is 0. The number of esters is 1. The van der Waals surface area contributed by atoms with Crippen molar-refractivity contribution in [1.29, 1.82) is 0 Å². The molecule has 1 N–H and O–H groups in total. The number of aryl methyl sites for hydroxylation is 1. The Kier molecular flexibility index (Phi) is 6.91. The van der Waals surface area contributed by atoms with E-state index in [-0.39, 0.29) is 28.9 Å². The molecule has 0 fully saturated rings. The number of hydrogen-bond donors (Lipinski definition) is 1. The lowest BCUT2D eigenvalue weighted by Crippen LogP contribution is -2.37. The van der Waals surface area contributed by atoms with Gasteiger partial charge in [-0.3, -0.25) is 19.2 Å². The first-order chi connectivity index (χ1) is 17.2. The molecule has 0 radical (unpaired) electrons. The molecule has 3 aromatic carbocycles. The maximum Gasteiger partial charge on any atom is 0.338 e. The molecule has 0 unspecified atom stereocenters. The molecular formula is C27H23N3O6. The summed E-state index contributed by atoms with van der Waals surface area (Å²) in [7, 11) is 1.42. The molecule has 0 spiro atoms. The minimum atomic E-state index is -0.806. The highest BCUT2D eigenvalue weighted by atomic mass is 16.5. The van der Waals surface area contributed by atoms with Gasteiger partial charge in [-0.2, -0.15) is 0 Å². The minimum Gasteiger partial charge on any atom is -0.452 e. The highest BCUT2D eigenvalue weighted by Crippen LogP contribution is 2.28. The van der Waals surface area contributed by atoms with Crippen LogP contribution in [0.4, 0.5) is 11.4 Å². The first kappa shape index (κ1) is 24.3. The van der Waals surface area contributed by atoms with Crippen molar-refractivity contribution in [2.24, 2.45) is 0 Å². The zero-order valence-corrected chi connectivity index (χ0v) is 19.7. The third-order valence-corrected chi connectivity index (χ3v) is 5.60. The molecule has 0 bridgehead atoms. The van der Waals surface area contributed by atoms with Gasteiger partial charge in [0.05, 0.1) is 28.9 Å². The first-order valence-corrected chi connectivity index (χ1v) is 11.1. The van der Waals surface area contributed by atoms with E-state index in [4.69, 9.17) is 4.74 Å². The molecule has 0 saturated carbocycles. The van der Waals surface area contributed by atoms with E-state index < -0.39 is 36.2 Å². The summed E-state index contributed by atoms with van der Waals surface area (Å²) in [4.78, 5) is 64.7. The van der Waals surface area contributed by atoms with E-state index in [9.17, 15) is 24.0 Å². The van der Waals surface area contributed by atoms with Crippen molar-refractivity contribution in [2.45, 2.75) is 6.92 Å². The van der Waals surface area contributed by atoms with E-state index in [0.717, 1.165) is 15.4 Å².